The maximum absolute atomic E-state index is 11.9. The quantitative estimate of drug-likeness (QED) is 0.564. The number of hydrogen-bond donors (Lipinski definition) is 3. The topological polar surface area (TPSA) is 136 Å². The molecule has 0 saturated carbocycles. The number of carboxylic acid groups (broad SMARTS) is 1. The number of aryl methyl sites for hydroxylation is 2. The molecule has 1 aromatic rings. The van der Waals surface area contributed by atoms with Crippen molar-refractivity contribution in [2.75, 3.05) is 30.0 Å². The molecule has 0 aliphatic heterocycles. The van der Waals surface area contributed by atoms with Gasteiger partial charge >= 0.3 is 11.9 Å². The number of nitrogens with one attached hydrogen (secondary N) is 1. The first kappa shape index (κ1) is 23.9. The average Bonchev–Trinajstić information content (AvgIpc) is 2.58. The molecular weight excluding hydrogens is 360 g/mol. The van der Waals surface area contributed by atoms with Gasteiger partial charge in [-0.1, -0.05) is 25.1 Å². The maximum atomic E-state index is 11.9. The minimum absolute atomic E-state index is 0.0563. The number of anilines is 1. The molecule has 0 amide bonds. The van der Waals surface area contributed by atoms with Gasteiger partial charge in [-0.2, -0.15) is 0 Å². The van der Waals surface area contributed by atoms with Crippen LogP contribution in [0.5, 0.6) is 0 Å². The lowest BCUT2D eigenvalue weighted by Crippen LogP contribution is -2.30. The summed E-state index contributed by atoms with van der Waals surface area (Å²) in [6, 6.07) is 5.34. The van der Waals surface area contributed by atoms with Crippen LogP contribution in [0.2, 0.25) is 0 Å². The van der Waals surface area contributed by atoms with Crippen LogP contribution in [-0.2, 0) is 24.2 Å². The number of esters is 1. The van der Waals surface area contributed by atoms with E-state index in [0.29, 0.717) is 0 Å². The van der Waals surface area contributed by atoms with E-state index in [0.717, 1.165) is 16.8 Å². The van der Waals surface area contributed by atoms with Crippen LogP contribution in [0.3, 0.4) is 0 Å². The van der Waals surface area contributed by atoms with Crippen molar-refractivity contribution in [2.24, 2.45) is 5.73 Å². The van der Waals surface area contributed by atoms with Crippen LogP contribution in [0.25, 0.3) is 0 Å². The van der Waals surface area contributed by atoms with E-state index in [1.165, 1.54) is 0 Å². The van der Waals surface area contributed by atoms with Gasteiger partial charge in [-0.05, 0) is 31.9 Å². The third-order valence-corrected chi connectivity index (χ3v) is 5.12. The SMILES string of the molecule is CCS(=O)(=O)CCOC(=O)[C@H](C)Nc1c(C)cccc1C.NCC(=O)O. The van der Waals surface area contributed by atoms with Crippen LogP contribution >= 0.6 is 0 Å². The van der Waals surface area contributed by atoms with E-state index in [-0.39, 0.29) is 24.7 Å². The number of nitrogens with two attached hydrogens (primary N) is 1. The van der Waals surface area contributed by atoms with Crippen molar-refractivity contribution >= 4 is 27.5 Å². The number of benzene rings is 1. The van der Waals surface area contributed by atoms with E-state index in [1.807, 2.05) is 32.0 Å². The Morgan fingerprint density at radius 3 is 2.19 bits per heavy atom. The summed E-state index contributed by atoms with van der Waals surface area (Å²) in [6.45, 7) is 6.81. The lowest BCUT2D eigenvalue weighted by molar-refractivity contribution is -0.143. The molecule has 0 bridgehead atoms. The van der Waals surface area contributed by atoms with Crippen LogP contribution in [0.4, 0.5) is 5.69 Å². The van der Waals surface area contributed by atoms with Crippen LogP contribution in [0.1, 0.15) is 25.0 Å². The zero-order chi connectivity index (χ0) is 20.3. The predicted octanol–water partition coefficient (Wildman–Crippen LogP) is 1.11. The average molecular weight is 388 g/mol. The highest BCUT2D eigenvalue weighted by Gasteiger charge is 2.17. The summed E-state index contributed by atoms with van der Waals surface area (Å²) in [5.41, 5.74) is 7.57. The van der Waals surface area contributed by atoms with E-state index in [9.17, 15) is 18.0 Å². The Morgan fingerprint density at radius 1 is 1.27 bits per heavy atom. The molecule has 0 aliphatic carbocycles. The smallest absolute Gasteiger partial charge is 0.328 e. The Bertz CT molecular complexity index is 683. The fraction of sp³-hybridized carbons (Fsp3) is 0.529. The number of para-hydroxylation sites is 1. The highest BCUT2D eigenvalue weighted by atomic mass is 32.2. The van der Waals surface area contributed by atoms with Crippen LogP contribution < -0.4 is 11.1 Å². The number of rotatable bonds is 8. The van der Waals surface area contributed by atoms with Crippen molar-refractivity contribution in [3.63, 3.8) is 0 Å². The molecule has 0 aromatic heterocycles. The molecule has 1 atom stereocenters. The first-order chi connectivity index (χ1) is 12.0. The summed E-state index contributed by atoms with van der Waals surface area (Å²) >= 11 is 0. The molecule has 8 nitrogen and oxygen atoms in total. The lowest BCUT2D eigenvalue weighted by atomic mass is 10.1. The predicted molar refractivity (Wildman–Crippen MR) is 101 cm³/mol. The standard InChI is InChI=1S/C15H23NO4S.C2H5NO2/c1-5-21(18,19)10-9-20-15(17)13(4)16-14-11(2)7-6-8-12(14)3;3-1-2(4)5/h6-8,13,16H,5,9-10H2,1-4H3;1,3H2,(H,4,5)/t13-;/m0./s1. The van der Waals surface area contributed by atoms with Gasteiger partial charge in [-0.15, -0.1) is 0 Å². The van der Waals surface area contributed by atoms with E-state index in [4.69, 9.17) is 9.84 Å². The molecule has 9 heteroatoms. The molecule has 0 fully saturated rings. The Balaban J connectivity index is 0.00000110. The molecule has 1 aromatic carbocycles. The first-order valence-corrected chi connectivity index (χ1v) is 9.97. The van der Waals surface area contributed by atoms with E-state index in [2.05, 4.69) is 11.1 Å². The van der Waals surface area contributed by atoms with Crippen LogP contribution in [-0.4, -0.2) is 56.2 Å². The van der Waals surface area contributed by atoms with Crippen molar-refractivity contribution in [1.29, 1.82) is 0 Å². The van der Waals surface area contributed by atoms with Crippen molar-refractivity contribution in [1.82, 2.24) is 0 Å². The van der Waals surface area contributed by atoms with E-state index >= 15 is 0 Å². The zero-order valence-electron chi connectivity index (χ0n) is 15.6. The summed E-state index contributed by atoms with van der Waals surface area (Å²) in [4.78, 5) is 21.1. The summed E-state index contributed by atoms with van der Waals surface area (Å²) in [6.07, 6.45) is 0. The molecule has 0 saturated heterocycles. The van der Waals surface area contributed by atoms with Gasteiger partial charge in [0.25, 0.3) is 0 Å². The fourth-order valence-electron chi connectivity index (χ4n) is 1.86. The van der Waals surface area contributed by atoms with Gasteiger partial charge in [-0.3, -0.25) is 4.79 Å². The highest BCUT2D eigenvalue weighted by Crippen LogP contribution is 2.20. The van der Waals surface area contributed by atoms with E-state index < -0.39 is 27.8 Å². The van der Waals surface area contributed by atoms with Crippen LogP contribution in [0, 0.1) is 13.8 Å². The van der Waals surface area contributed by atoms with Crippen molar-refractivity contribution < 1.29 is 27.9 Å². The molecule has 148 valence electrons. The number of ether oxygens (including phenoxy) is 1. The number of carboxylic acids is 1. The minimum atomic E-state index is -3.11. The zero-order valence-corrected chi connectivity index (χ0v) is 16.4. The second-order valence-corrected chi connectivity index (χ2v) is 8.11. The van der Waals surface area contributed by atoms with Gasteiger partial charge < -0.3 is 20.9 Å². The number of sulfone groups is 1. The Hall–Kier alpha value is -2.13. The van der Waals surface area contributed by atoms with Gasteiger partial charge in [-0.25, -0.2) is 13.2 Å². The molecule has 4 N–H and O–H groups in total. The first-order valence-electron chi connectivity index (χ1n) is 8.15. The Morgan fingerprint density at radius 2 is 1.77 bits per heavy atom. The molecule has 26 heavy (non-hydrogen) atoms. The maximum Gasteiger partial charge on any atom is 0.328 e. The molecule has 0 spiro atoms. The summed E-state index contributed by atoms with van der Waals surface area (Å²) < 4.78 is 27.7. The normalized spacial score (nSPS) is 11.7. The lowest BCUT2D eigenvalue weighted by Gasteiger charge is -2.18. The summed E-state index contributed by atoms with van der Waals surface area (Å²) in [5, 5.41) is 10.7. The highest BCUT2D eigenvalue weighted by molar-refractivity contribution is 7.91. The van der Waals surface area contributed by atoms with Gasteiger partial charge in [0.15, 0.2) is 9.84 Å². The molecular formula is C17H28N2O6S. The molecule has 0 unspecified atom stereocenters. The van der Waals surface area contributed by atoms with Crippen molar-refractivity contribution in [3.05, 3.63) is 29.3 Å². The fourth-order valence-corrected chi connectivity index (χ4v) is 2.48. The number of aliphatic carboxylic acids is 1. The second-order valence-electron chi connectivity index (χ2n) is 5.63. The Kier molecular flexibility index (Phi) is 10.5. The van der Waals surface area contributed by atoms with Crippen molar-refractivity contribution in [2.45, 2.75) is 33.7 Å². The third-order valence-electron chi connectivity index (χ3n) is 3.45. The third kappa shape index (κ3) is 9.38. The molecule has 0 heterocycles. The number of hydrogen-bond acceptors (Lipinski definition) is 7. The van der Waals surface area contributed by atoms with E-state index in [1.54, 1.807) is 13.8 Å². The van der Waals surface area contributed by atoms with Crippen LogP contribution in [0.15, 0.2) is 18.2 Å². The monoisotopic (exact) mass is 388 g/mol. The minimum Gasteiger partial charge on any atom is -0.480 e. The summed E-state index contributed by atoms with van der Waals surface area (Å²) in [7, 11) is -3.11. The van der Waals surface area contributed by atoms with Crippen molar-refractivity contribution in [3.8, 4) is 0 Å². The largest absolute Gasteiger partial charge is 0.480 e. The van der Waals surface area contributed by atoms with Gasteiger partial charge in [0.2, 0.25) is 0 Å². The molecule has 0 aliphatic rings. The van der Waals surface area contributed by atoms with Gasteiger partial charge in [0.05, 0.1) is 12.3 Å². The number of carbonyl (C=O) groups is 2. The molecule has 1 rings (SSSR count). The van der Waals surface area contributed by atoms with Gasteiger partial charge in [0.1, 0.15) is 12.6 Å². The summed E-state index contributed by atoms with van der Waals surface area (Å²) in [5.74, 6) is -1.50. The number of carbonyl (C=O) groups excluding carboxylic acids is 1. The Labute approximate surface area is 154 Å². The molecule has 0 radical (unpaired) electrons. The second kappa shape index (κ2) is 11.5. The van der Waals surface area contributed by atoms with Gasteiger partial charge in [0, 0.05) is 11.4 Å².